The minimum Gasteiger partial charge on any atom is -0.398 e. The quantitative estimate of drug-likeness (QED) is 0.748. The van der Waals surface area contributed by atoms with E-state index in [1.54, 1.807) is 0 Å². The Hall–Kier alpha value is -2.56. The van der Waals surface area contributed by atoms with Gasteiger partial charge in [-0.15, -0.1) is 0 Å². The molecule has 3 rings (SSSR count). The first-order chi connectivity index (χ1) is 10.0. The van der Waals surface area contributed by atoms with E-state index in [0.29, 0.717) is 6.54 Å². The molecule has 21 heavy (non-hydrogen) atoms. The molecule has 2 N–H and O–H groups in total. The van der Waals surface area contributed by atoms with Gasteiger partial charge in [0.1, 0.15) is 11.5 Å². The summed E-state index contributed by atoms with van der Waals surface area (Å²) in [5.41, 5.74) is 9.77. The van der Waals surface area contributed by atoms with Crippen LogP contribution >= 0.6 is 0 Å². The summed E-state index contributed by atoms with van der Waals surface area (Å²) in [7, 11) is 2.03. The molecule has 0 bridgehead atoms. The third-order valence-electron chi connectivity index (χ3n) is 3.54. The van der Waals surface area contributed by atoms with E-state index in [4.69, 9.17) is 10.3 Å². The Balaban J connectivity index is 2.03. The number of nitrogens with two attached hydrogens (primary N) is 1. The second-order valence-corrected chi connectivity index (χ2v) is 5.33. The highest BCUT2D eigenvalue weighted by molar-refractivity contribution is 6.01. The normalized spacial score (nSPS) is 11.0. The lowest BCUT2D eigenvalue weighted by molar-refractivity contribution is 0.390. The molecule has 5 heteroatoms. The van der Waals surface area contributed by atoms with Crippen molar-refractivity contribution in [2.75, 3.05) is 17.7 Å². The zero-order valence-corrected chi connectivity index (χ0v) is 12.4. The van der Waals surface area contributed by atoms with Crippen molar-refractivity contribution >= 4 is 22.1 Å². The molecule has 0 radical (unpaired) electrons. The number of hydrogen-bond acceptors (Lipinski definition) is 5. The van der Waals surface area contributed by atoms with Crippen LogP contribution in [0.4, 0.5) is 11.4 Å². The summed E-state index contributed by atoms with van der Waals surface area (Å²) >= 11 is 0. The molecule has 0 aliphatic heterocycles. The molecule has 0 spiro atoms. The van der Waals surface area contributed by atoms with Crippen molar-refractivity contribution in [3.8, 4) is 0 Å². The van der Waals surface area contributed by atoms with Gasteiger partial charge in [0.25, 0.3) is 0 Å². The van der Waals surface area contributed by atoms with Crippen molar-refractivity contribution in [1.29, 1.82) is 0 Å². The zero-order valence-electron chi connectivity index (χ0n) is 12.4. The van der Waals surface area contributed by atoms with Gasteiger partial charge in [0, 0.05) is 47.2 Å². The maximum atomic E-state index is 6.05. The molecular formula is C16H18N4O. The van der Waals surface area contributed by atoms with Gasteiger partial charge in [0.2, 0.25) is 0 Å². The van der Waals surface area contributed by atoms with Crippen LogP contribution in [0, 0.1) is 13.8 Å². The second kappa shape index (κ2) is 5.09. The molecule has 0 saturated heterocycles. The number of pyridine rings is 1. The van der Waals surface area contributed by atoms with E-state index in [1.165, 1.54) is 0 Å². The topological polar surface area (TPSA) is 68.2 Å². The van der Waals surface area contributed by atoms with Crippen LogP contribution in [0.5, 0.6) is 0 Å². The number of aryl methyl sites for hydroxylation is 2. The largest absolute Gasteiger partial charge is 0.398 e. The average molecular weight is 282 g/mol. The standard InChI is InChI=1S/C16H18N4O/c1-10-6-13-14(8-18-10)15(17)4-5-16(13)20(3)9-12-7-11(2)21-19-12/h4-8H,9,17H2,1-3H3. The Labute approximate surface area is 123 Å². The summed E-state index contributed by atoms with van der Waals surface area (Å²) in [6, 6.07) is 7.96. The minimum atomic E-state index is 0.678. The van der Waals surface area contributed by atoms with Gasteiger partial charge in [-0.3, -0.25) is 4.98 Å². The van der Waals surface area contributed by atoms with Crippen molar-refractivity contribution in [1.82, 2.24) is 10.1 Å². The number of hydrogen-bond donors (Lipinski definition) is 1. The summed E-state index contributed by atoms with van der Waals surface area (Å²) in [5, 5.41) is 6.12. The van der Waals surface area contributed by atoms with Crippen LogP contribution in [0.1, 0.15) is 17.1 Å². The van der Waals surface area contributed by atoms with E-state index in [9.17, 15) is 0 Å². The molecule has 5 nitrogen and oxygen atoms in total. The first kappa shape index (κ1) is 13.4. The Morgan fingerprint density at radius 2 is 2.00 bits per heavy atom. The van der Waals surface area contributed by atoms with Crippen LogP contribution in [0.15, 0.2) is 35.0 Å². The van der Waals surface area contributed by atoms with Gasteiger partial charge < -0.3 is 15.2 Å². The highest BCUT2D eigenvalue weighted by Gasteiger charge is 2.11. The molecule has 2 aromatic heterocycles. The van der Waals surface area contributed by atoms with Crippen molar-refractivity contribution in [3.63, 3.8) is 0 Å². The number of nitrogen functional groups attached to an aromatic ring is 1. The van der Waals surface area contributed by atoms with Gasteiger partial charge in [0.15, 0.2) is 0 Å². The SMILES string of the molecule is Cc1cc2c(N(C)Cc3cc(C)on3)ccc(N)c2cn1. The first-order valence-corrected chi connectivity index (χ1v) is 6.83. The molecule has 0 amide bonds. The summed E-state index contributed by atoms with van der Waals surface area (Å²) in [6.45, 7) is 4.55. The van der Waals surface area contributed by atoms with Crippen molar-refractivity contribution in [2.24, 2.45) is 0 Å². The molecule has 1 aromatic carbocycles. The van der Waals surface area contributed by atoms with Crippen LogP contribution in [0.2, 0.25) is 0 Å². The molecular weight excluding hydrogens is 264 g/mol. The van der Waals surface area contributed by atoms with Crippen molar-refractivity contribution in [3.05, 3.63) is 47.6 Å². The maximum Gasteiger partial charge on any atom is 0.133 e. The lowest BCUT2D eigenvalue weighted by atomic mass is 10.1. The van der Waals surface area contributed by atoms with Crippen LogP contribution in [-0.2, 0) is 6.54 Å². The molecule has 108 valence electrons. The Morgan fingerprint density at radius 1 is 1.19 bits per heavy atom. The Kier molecular flexibility index (Phi) is 3.25. The second-order valence-electron chi connectivity index (χ2n) is 5.33. The predicted molar refractivity (Wildman–Crippen MR) is 84.2 cm³/mol. The number of nitrogens with zero attached hydrogens (tertiary/aromatic N) is 3. The number of anilines is 2. The third-order valence-corrected chi connectivity index (χ3v) is 3.54. The monoisotopic (exact) mass is 282 g/mol. The summed E-state index contributed by atoms with van der Waals surface area (Å²) in [4.78, 5) is 6.47. The number of rotatable bonds is 3. The van der Waals surface area contributed by atoms with Crippen LogP contribution in [0.25, 0.3) is 10.8 Å². The smallest absolute Gasteiger partial charge is 0.133 e. The van der Waals surface area contributed by atoms with Crippen LogP contribution in [-0.4, -0.2) is 17.2 Å². The number of aromatic nitrogens is 2. The Bertz CT molecular complexity index is 794. The van der Waals surface area contributed by atoms with Gasteiger partial charge in [-0.05, 0) is 32.0 Å². The molecule has 3 aromatic rings. The van der Waals surface area contributed by atoms with Gasteiger partial charge in [-0.1, -0.05) is 5.16 Å². The summed E-state index contributed by atoms with van der Waals surface area (Å²) in [6.07, 6.45) is 1.83. The maximum absolute atomic E-state index is 6.05. The summed E-state index contributed by atoms with van der Waals surface area (Å²) in [5.74, 6) is 0.820. The number of benzene rings is 1. The van der Waals surface area contributed by atoms with E-state index in [1.807, 2.05) is 45.3 Å². The highest BCUT2D eigenvalue weighted by Crippen LogP contribution is 2.31. The molecule has 2 heterocycles. The third kappa shape index (κ3) is 2.54. The van der Waals surface area contributed by atoms with Gasteiger partial charge in [0.05, 0.1) is 6.54 Å². The van der Waals surface area contributed by atoms with Crippen molar-refractivity contribution < 1.29 is 4.52 Å². The molecule has 0 aliphatic carbocycles. The zero-order chi connectivity index (χ0) is 15.0. The molecule has 0 aliphatic rings. The van der Waals surface area contributed by atoms with Gasteiger partial charge in [-0.25, -0.2) is 0 Å². The fourth-order valence-electron chi connectivity index (χ4n) is 2.50. The molecule has 0 unspecified atom stereocenters. The fraction of sp³-hybridized carbons (Fsp3) is 0.250. The predicted octanol–water partition coefficient (Wildman–Crippen LogP) is 3.06. The Morgan fingerprint density at radius 3 is 2.71 bits per heavy atom. The first-order valence-electron chi connectivity index (χ1n) is 6.83. The average Bonchev–Trinajstić information content (AvgIpc) is 2.84. The van der Waals surface area contributed by atoms with Gasteiger partial charge in [-0.2, -0.15) is 0 Å². The number of fused-ring (bicyclic) bond motifs is 1. The lowest BCUT2D eigenvalue weighted by Crippen LogP contribution is -2.17. The lowest BCUT2D eigenvalue weighted by Gasteiger charge is -2.20. The van der Waals surface area contributed by atoms with E-state index in [-0.39, 0.29) is 0 Å². The fourth-order valence-corrected chi connectivity index (χ4v) is 2.50. The highest BCUT2D eigenvalue weighted by atomic mass is 16.5. The molecule has 0 atom stereocenters. The van der Waals surface area contributed by atoms with Crippen LogP contribution in [0.3, 0.4) is 0 Å². The molecule has 0 saturated carbocycles. The van der Waals surface area contributed by atoms with Crippen LogP contribution < -0.4 is 10.6 Å². The van der Waals surface area contributed by atoms with E-state index in [2.05, 4.69) is 21.1 Å². The summed E-state index contributed by atoms with van der Waals surface area (Å²) < 4.78 is 5.12. The van der Waals surface area contributed by atoms with E-state index >= 15 is 0 Å². The molecule has 0 fully saturated rings. The van der Waals surface area contributed by atoms with Crippen molar-refractivity contribution in [2.45, 2.75) is 20.4 Å². The van der Waals surface area contributed by atoms with Gasteiger partial charge >= 0.3 is 0 Å². The van der Waals surface area contributed by atoms with E-state index < -0.39 is 0 Å². The minimum absolute atomic E-state index is 0.678. The van der Waals surface area contributed by atoms with E-state index in [0.717, 1.165) is 39.3 Å².